The summed E-state index contributed by atoms with van der Waals surface area (Å²) in [4.78, 5) is 0. The number of rotatable bonds is 2. The average Bonchev–Trinajstić information content (AvgIpc) is 2.47. The molecule has 19 heavy (non-hydrogen) atoms. The Hall–Kier alpha value is -2.28. The predicted molar refractivity (Wildman–Crippen MR) is 80.7 cm³/mol. The highest BCUT2D eigenvalue weighted by molar-refractivity contribution is 6.01. The van der Waals surface area contributed by atoms with Crippen LogP contribution in [0.1, 0.15) is 5.56 Å². The van der Waals surface area contributed by atoms with E-state index in [0.29, 0.717) is 0 Å². The highest BCUT2D eigenvalue weighted by Gasteiger charge is 2.10. The van der Waals surface area contributed by atoms with Crippen molar-refractivity contribution < 1.29 is 4.74 Å². The topological polar surface area (TPSA) is 9.23 Å². The first-order chi connectivity index (χ1) is 9.31. The number of fused-ring (bicyclic) bond motifs is 1. The van der Waals surface area contributed by atoms with Gasteiger partial charge in [0, 0.05) is 5.39 Å². The summed E-state index contributed by atoms with van der Waals surface area (Å²) in [5.74, 6) is 0.938. The summed E-state index contributed by atoms with van der Waals surface area (Å²) in [5, 5.41) is 2.40. The lowest BCUT2D eigenvalue weighted by Gasteiger charge is -2.14. The fraction of sp³-hybridized carbons (Fsp3) is 0.111. The lowest BCUT2D eigenvalue weighted by Crippen LogP contribution is -1.91. The third-order valence-electron chi connectivity index (χ3n) is 3.49. The molecule has 0 fully saturated rings. The molecule has 1 heteroatoms. The highest BCUT2D eigenvalue weighted by Crippen LogP contribution is 2.37. The zero-order valence-corrected chi connectivity index (χ0v) is 11.2. The van der Waals surface area contributed by atoms with Crippen LogP contribution in [0.15, 0.2) is 60.7 Å². The quantitative estimate of drug-likeness (QED) is 0.631. The van der Waals surface area contributed by atoms with E-state index in [2.05, 4.69) is 61.5 Å². The van der Waals surface area contributed by atoms with Gasteiger partial charge in [-0.3, -0.25) is 0 Å². The van der Waals surface area contributed by atoms with E-state index in [1.165, 1.54) is 22.1 Å². The number of methoxy groups -OCH3 is 1. The first-order valence-corrected chi connectivity index (χ1v) is 6.43. The lowest BCUT2D eigenvalue weighted by atomic mass is 9.93. The zero-order valence-electron chi connectivity index (χ0n) is 11.2. The maximum Gasteiger partial charge on any atom is 0.126 e. The van der Waals surface area contributed by atoms with Crippen LogP contribution in [-0.2, 0) is 0 Å². The summed E-state index contributed by atoms with van der Waals surface area (Å²) in [6.07, 6.45) is 0. The number of aryl methyl sites for hydroxylation is 1. The van der Waals surface area contributed by atoms with E-state index in [9.17, 15) is 0 Å². The van der Waals surface area contributed by atoms with Crippen LogP contribution in [0.3, 0.4) is 0 Å². The van der Waals surface area contributed by atoms with Gasteiger partial charge in [-0.25, -0.2) is 0 Å². The lowest BCUT2D eigenvalue weighted by molar-refractivity contribution is 0.419. The standard InChI is InChI=1S/C18H16O/c1-13-12-17(19-2)15-10-6-7-11-16(15)18(13)14-8-4-3-5-9-14/h3-12H,1-2H3. The Bertz CT molecular complexity index is 714. The van der Waals surface area contributed by atoms with Crippen LogP contribution in [0, 0.1) is 6.92 Å². The Morgan fingerprint density at radius 1 is 0.789 bits per heavy atom. The third kappa shape index (κ3) is 1.97. The van der Waals surface area contributed by atoms with Crippen molar-refractivity contribution in [3.05, 3.63) is 66.2 Å². The number of benzene rings is 3. The monoisotopic (exact) mass is 248 g/mol. The number of hydrogen-bond acceptors (Lipinski definition) is 1. The molecule has 3 aromatic rings. The van der Waals surface area contributed by atoms with Crippen LogP contribution in [0.5, 0.6) is 5.75 Å². The molecule has 3 aromatic carbocycles. The van der Waals surface area contributed by atoms with Gasteiger partial charge in [-0.2, -0.15) is 0 Å². The predicted octanol–water partition coefficient (Wildman–Crippen LogP) is 4.82. The first kappa shape index (κ1) is 11.8. The Kier molecular flexibility index (Phi) is 2.96. The minimum absolute atomic E-state index is 0.938. The molecule has 0 aromatic heterocycles. The molecule has 0 aliphatic heterocycles. The Balaban J connectivity index is 2.40. The van der Waals surface area contributed by atoms with E-state index in [-0.39, 0.29) is 0 Å². The molecule has 0 unspecified atom stereocenters. The van der Waals surface area contributed by atoms with Crippen LogP contribution < -0.4 is 4.74 Å². The second-order valence-corrected chi connectivity index (χ2v) is 4.68. The smallest absolute Gasteiger partial charge is 0.126 e. The summed E-state index contributed by atoms with van der Waals surface area (Å²) in [5.41, 5.74) is 3.78. The molecule has 0 aliphatic carbocycles. The van der Waals surface area contributed by atoms with Crippen LogP contribution in [0.25, 0.3) is 21.9 Å². The molecule has 0 spiro atoms. The van der Waals surface area contributed by atoms with E-state index >= 15 is 0 Å². The van der Waals surface area contributed by atoms with Gasteiger partial charge in [0.25, 0.3) is 0 Å². The van der Waals surface area contributed by atoms with Gasteiger partial charge in [-0.05, 0) is 35.1 Å². The maximum absolute atomic E-state index is 5.50. The minimum atomic E-state index is 0.938. The summed E-state index contributed by atoms with van der Waals surface area (Å²) < 4.78 is 5.50. The molecule has 0 saturated carbocycles. The van der Waals surface area contributed by atoms with Gasteiger partial charge < -0.3 is 4.74 Å². The van der Waals surface area contributed by atoms with Crippen LogP contribution in [0.4, 0.5) is 0 Å². The van der Waals surface area contributed by atoms with Gasteiger partial charge in [0.05, 0.1) is 7.11 Å². The Morgan fingerprint density at radius 2 is 1.42 bits per heavy atom. The molecule has 3 rings (SSSR count). The van der Waals surface area contributed by atoms with Crippen molar-refractivity contribution >= 4 is 10.8 Å². The summed E-state index contributed by atoms with van der Waals surface area (Å²) in [6, 6.07) is 21.0. The van der Waals surface area contributed by atoms with Crippen molar-refractivity contribution in [3.63, 3.8) is 0 Å². The van der Waals surface area contributed by atoms with Crippen molar-refractivity contribution in [2.45, 2.75) is 6.92 Å². The minimum Gasteiger partial charge on any atom is -0.496 e. The van der Waals surface area contributed by atoms with E-state index in [1.807, 2.05) is 6.07 Å². The fourth-order valence-corrected chi connectivity index (χ4v) is 2.63. The molecule has 94 valence electrons. The molecule has 0 heterocycles. The van der Waals surface area contributed by atoms with Gasteiger partial charge in [0.2, 0.25) is 0 Å². The molecule has 0 radical (unpaired) electrons. The van der Waals surface area contributed by atoms with Crippen molar-refractivity contribution in [1.29, 1.82) is 0 Å². The largest absolute Gasteiger partial charge is 0.496 e. The molecule has 0 bridgehead atoms. The molecular weight excluding hydrogens is 232 g/mol. The average molecular weight is 248 g/mol. The van der Waals surface area contributed by atoms with E-state index in [4.69, 9.17) is 4.74 Å². The SMILES string of the molecule is COc1cc(C)c(-c2ccccc2)c2ccccc12. The molecule has 1 nitrogen and oxygen atoms in total. The molecular formula is C18H16O. The van der Waals surface area contributed by atoms with Gasteiger partial charge >= 0.3 is 0 Å². The third-order valence-corrected chi connectivity index (χ3v) is 3.49. The van der Waals surface area contributed by atoms with Gasteiger partial charge in [0.1, 0.15) is 5.75 Å². The number of hydrogen-bond donors (Lipinski definition) is 0. The molecule has 0 aliphatic rings. The van der Waals surface area contributed by atoms with Crippen molar-refractivity contribution in [1.82, 2.24) is 0 Å². The molecule has 0 amide bonds. The number of ether oxygens (including phenoxy) is 1. The van der Waals surface area contributed by atoms with Crippen molar-refractivity contribution in [2.75, 3.05) is 7.11 Å². The van der Waals surface area contributed by atoms with E-state index < -0.39 is 0 Å². The Morgan fingerprint density at radius 3 is 2.11 bits per heavy atom. The van der Waals surface area contributed by atoms with Gasteiger partial charge in [-0.1, -0.05) is 54.6 Å². The van der Waals surface area contributed by atoms with Crippen LogP contribution in [0.2, 0.25) is 0 Å². The normalized spacial score (nSPS) is 10.6. The van der Waals surface area contributed by atoms with E-state index in [0.717, 1.165) is 11.1 Å². The summed E-state index contributed by atoms with van der Waals surface area (Å²) >= 11 is 0. The van der Waals surface area contributed by atoms with Crippen molar-refractivity contribution in [2.24, 2.45) is 0 Å². The summed E-state index contributed by atoms with van der Waals surface area (Å²) in [7, 11) is 1.73. The van der Waals surface area contributed by atoms with Crippen molar-refractivity contribution in [3.8, 4) is 16.9 Å². The molecule has 0 saturated heterocycles. The fourth-order valence-electron chi connectivity index (χ4n) is 2.63. The highest BCUT2D eigenvalue weighted by atomic mass is 16.5. The van der Waals surface area contributed by atoms with Gasteiger partial charge in [-0.15, -0.1) is 0 Å². The maximum atomic E-state index is 5.50. The molecule has 0 N–H and O–H groups in total. The second kappa shape index (κ2) is 4.77. The molecule has 0 atom stereocenters. The zero-order chi connectivity index (χ0) is 13.2. The van der Waals surface area contributed by atoms with E-state index in [1.54, 1.807) is 7.11 Å². The Labute approximate surface area is 113 Å². The second-order valence-electron chi connectivity index (χ2n) is 4.68. The summed E-state index contributed by atoms with van der Waals surface area (Å²) in [6.45, 7) is 2.14. The first-order valence-electron chi connectivity index (χ1n) is 6.43. The van der Waals surface area contributed by atoms with Crippen LogP contribution >= 0.6 is 0 Å². The van der Waals surface area contributed by atoms with Gasteiger partial charge in [0.15, 0.2) is 0 Å². The van der Waals surface area contributed by atoms with Crippen LogP contribution in [-0.4, -0.2) is 7.11 Å².